The molecule has 1 aromatic rings. The lowest BCUT2D eigenvalue weighted by atomic mass is 10.4. The largest absolute Gasteiger partial charge is 0.406 e. The van der Waals surface area contributed by atoms with E-state index in [0.717, 1.165) is 0 Å². The molecule has 1 rings (SSSR count). The van der Waals surface area contributed by atoms with Gasteiger partial charge in [-0.3, -0.25) is 9.36 Å². The SMILES string of the molecule is COCCNC(=O)CN(C)c1c([N+](=O)[O-])ncn1C. The predicted octanol–water partition coefficient (Wildman–Crippen LogP) is -0.473. The lowest BCUT2D eigenvalue weighted by molar-refractivity contribution is -0.388. The summed E-state index contributed by atoms with van der Waals surface area (Å²) in [5, 5.41) is 13.5. The second-order valence-corrected chi connectivity index (χ2v) is 3.96. The lowest BCUT2D eigenvalue weighted by Gasteiger charge is -2.17. The molecule has 0 bridgehead atoms. The zero-order valence-electron chi connectivity index (χ0n) is 11.1. The second kappa shape index (κ2) is 6.69. The Balaban J connectivity index is 2.67. The molecule has 0 spiro atoms. The standard InChI is InChI=1S/C10H17N5O4/c1-13(6-8(16)11-4-5-19-3)10-9(15(17)18)12-7-14(10)2/h7H,4-6H2,1-3H3,(H,11,16). The van der Waals surface area contributed by atoms with Gasteiger partial charge in [0.25, 0.3) is 0 Å². The number of imidazole rings is 1. The summed E-state index contributed by atoms with van der Waals surface area (Å²) in [4.78, 5) is 27.0. The molecule has 1 N–H and O–H groups in total. The van der Waals surface area contributed by atoms with Crippen molar-refractivity contribution in [3.8, 4) is 0 Å². The van der Waals surface area contributed by atoms with Gasteiger partial charge in [-0.2, -0.15) is 0 Å². The van der Waals surface area contributed by atoms with Crippen LogP contribution in [0.15, 0.2) is 6.33 Å². The van der Waals surface area contributed by atoms with Crippen LogP contribution in [0.5, 0.6) is 0 Å². The Bertz CT molecular complexity index is 459. The van der Waals surface area contributed by atoms with Crippen molar-refractivity contribution < 1.29 is 14.5 Å². The Labute approximate surface area is 110 Å². The van der Waals surface area contributed by atoms with Gasteiger partial charge in [-0.05, 0) is 9.91 Å². The number of aromatic nitrogens is 2. The first kappa shape index (κ1) is 14.9. The highest BCUT2D eigenvalue weighted by Crippen LogP contribution is 2.24. The normalized spacial score (nSPS) is 10.3. The third-order valence-corrected chi connectivity index (χ3v) is 2.43. The number of methoxy groups -OCH3 is 1. The van der Waals surface area contributed by atoms with Gasteiger partial charge in [0.15, 0.2) is 0 Å². The van der Waals surface area contributed by atoms with Crippen molar-refractivity contribution in [2.45, 2.75) is 0 Å². The van der Waals surface area contributed by atoms with E-state index in [4.69, 9.17) is 4.74 Å². The van der Waals surface area contributed by atoms with Crippen LogP contribution in [0, 0.1) is 10.1 Å². The molecule has 0 saturated carbocycles. The number of carbonyl (C=O) groups excluding carboxylic acids is 1. The average molecular weight is 271 g/mol. The Hall–Kier alpha value is -2.16. The quantitative estimate of drug-likeness (QED) is 0.408. The number of carbonyl (C=O) groups is 1. The zero-order valence-corrected chi connectivity index (χ0v) is 11.1. The molecule has 9 heteroatoms. The molecule has 0 aliphatic rings. The van der Waals surface area contributed by atoms with Crippen molar-refractivity contribution in [3.05, 3.63) is 16.4 Å². The summed E-state index contributed by atoms with van der Waals surface area (Å²) in [7, 11) is 4.77. The number of nitrogens with zero attached hydrogens (tertiary/aromatic N) is 4. The second-order valence-electron chi connectivity index (χ2n) is 3.96. The van der Waals surface area contributed by atoms with E-state index in [1.54, 1.807) is 14.1 Å². The highest BCUT2D eigenvalue weighted by atomic mass is 16.6. The monoisotopic (exact) mass is 271 g/mol. The van der Waals surface area contributed by atoms with Crippen molar-refractivity contribution in [1.82, 2.24) is 14.9 Å². The fraction of sp³-hybridized carbons (Fsp3) is 0.600. The van der Waals surface area contributed by atoms with E-state index in [1.165, 1.54) is 22.9 Å². The van der Waals surface area contributed by atoms with Crippen LogP contribution in [0.3, 0.4) is 0 Å². The topological polar surface area (TPSA) is 103 Å². The molecule has 19 heavy (non-hydrogen) atoms. The van der Waals surface area contributed by atoms with E-state index in [-0.39, 0.29) is 24.1 Å². The Morgan fingerprint density at radius 1 is 1.68 bits per heavy atom. The first-order valence-electron chi connectivity index (χ1n) is 5.59. The molecule has 0 fully saturated rings. The van der Waals surface area contributed by atoms with E-state index in [9.17, 15) is 14.9 Å². The van der Waals surface area contributed by atoms with Crippen LogP contribution in [0.1, 0.15) is 0 Å². The van der Waals surface area contributed by atoms with Gasteiger partial charge in [-0.25, -0.2) is 0 Å². The third-order valence-electron chi connectivity index (χ3n) is 2.43. The van der Waals surface area contributed by atoms with Crippen LogP contribution in [-0.4, -0.2) is 54.2 Å². The summed E-state index contributed by atoms with van der Waals surface area (Å²) < 4.78 is 6.31. The summed E-state index contributed by atoms with van der Waals surface area (Å²) in [5.41, 5.74) is 0. The number of nitrogens with one attached hydrogen (secondary N) is 1. The lowest BCUT2D eigenvalue weighted by Crippen LogP contribution is -2.37. The first-order chi connectivity index (χ1) is 8.97. The fourth-order valence-electron chi connectivity index (χ4n) is 1.62. The molecule has 9 nitrogen and oxygen atoms in total. The highest BCUT2D eigenvalue weighted by molar-refractivity contribution is 5.81. The number of anilines is 1. The van der Waals surface area contributed by atoms with Gasteiger partial charge in [-0.1, -0.05) is 0 Å². The van der Waals surface area contributed by atoms with E-state index in [1.807, 2.05) is 0 Å². The maximum atomic E-state index is 11.6. The number of ether oxygens (including phenoxy) is 1. The number of hydrogen-bond donors (Lipinski definition) is 1. The summed E-state index contributed by atoms with van der Waals surface area (Å²) in [6.07, 6.45) is 1.34. The van der Waals surface area contributed by atoms with Crippen LogP contribution in [0.4, 0.5) is 11.6 Å². The first-order valence-corrected chi connectivity index (χ1v) is 5.59. The smallest absolute Gasteiger partial charge is 0.383 e. The number of likely N-dealkylation sites (N-methyl/N-ethyl adjacent to an activating group) is 1. The van der Waals surface area contributed by atoms with Crippen LogP contribution >= 0.6 is 0 Å². The summed E-state index contributed by atoms with van der Waals surface area (Å²) in [6, 6.07) is 0. The molecule has 1 heterocycles. The van der Waals surface area contributed by atoms with Gasteiger partial charge >= 0.3 is 5.82 Å². The molecule has 0 radical (unpaired) electrons. The van der Waals surface area contributed by atoms with E-state index in [2.05, 4.69) is 10.3 Å². The van der Waals surface area contributed by atoms with Crippen LogP contribution < -0.4 is 10.2 Å². The zero-order chi connectivity index (χ0) is 14.4. The molecule has 0 atom stereocenters. The van der Waals surface area contributed by atoms with Gasteiger partial charge in [-0.15, -0.1) is 0 Å². The van der Waals surface area contributed by atoms with Gasteiger partial charge in [0.05, 0.1) is 13.2 Å². The average Bonchev–Trinajstić information content (AvgIpc) is 2.71. The Morgan fingerprint density at radius 3 is 2.95 bits per heavy atom. The van der Waals surface area contributed by atoms with Crippen LogP contribution in [0.25, 0.3) is 0 Å². The minimum atomic E-state index is -0.575. The summed E-state index contributed by atoms with van der Waals surface area (Å²) >= 11 is 0. The molecular formula is C10H17N5O4. The number of amides is 1. The number of hydrogen-bond acceptors (Lipinski definition) is 6. The van der Waals surface area contributed by atoms with Crippen LogP contribution in [0.2, 0.25) is 0 Å². The van der Waals surface area contributed by atoms with Gasteiger partial charge in [0.1, 0.15) is 0 Å². The molecule has 1 amide bonds. The van der Waals surface area contributed by atoms with Crippen LogP contribution in [-0.2, 0) is 16.6 Å². The van der Waals surface area contributed by atoms with Crippen molar-refractivity contribution in [1.29, 1.82) is 0 Å². The molecule has 0 aliphatic carbocycles. The number of nitro groups is 1. The van der Waals surface area contributed by atoms with Crippen molar-refractivity contribution in [2.75, 3.05) is 38.8 Å². The minimum absolute atomic E-state index is 0.00406. The molecule has 1 aromatic heterocycles. The van der Waals surface area contributed by atoms with Gasteiger partial charge < -0.3 is 25.1 Å². The molecule has 106 valence electrons. The maximum absolute atomic E-state index is 11.6. The van der Waals surface area contributed by atoms with Gasteiger partial charge in [0.2, 0.25) is 18.1 Å². The molecular weight excluding hydrogens is 254 g/mol. The molecule has 0 unspecified atom stereocenters. The van der Waals surface area contributed by atoms with E-state index < -0.39 is 4.92 Å². The fourth-order valence-corrected chi connectivity index (χ4v) is 1.62. The third kappa shape index (κ3) is 3.91. The van der Waals surface area contributed by atoms with Gasteiger partial charge in [0, 0.05) is 27.7 Å². The summed E-state index contributed by atoms with van der Waals surface area (Å²) in [6.45, 7) is 0.821. The van der Waals surface area contributed by atoms with Crippen molar-refractivity contribution >= 4 is 17.5 Å². The Morgan fingerprint density at radius 2 is 2.37 bits per heavy atom. The van der Waals surface area contributed by atoms with E-state index in [0.29, 0.717) is 13.2 Å². The molecule has 0 aliphatic heterocycles. The minimum Gasteiger partial charge on any atom is -0.383 e. The summed E-state index contributed by atoms with van der Waals surface area (Å²) in [5.74, 6) is -0.225. The Kier molecular flexibility index (Phi) is 5.24. The molecule has 0 saturated heterocycles. The van der Waals surface area contributed by atoms with E-state index >= 15 is 0 Å². The number of aryl methyl sites for hydroxylation is 1. The number of rotatable bonds is 7. The van der Waals surface area contributed by atoms with Crippen molar-refractivity contribution in [3.63, 3.8) is 0 Å². The predicted molar refractivity (Wildman–Crippen MR) is 68.0 cm³/mol. The highest BCUT2D eigenvalue weighted by Gasteiger charge is 2.24. The maximum Gasteiger partial charge on any atom is 0.406 e. The molecule has 0 aromatic carbocycles. The van der Waals surface area contributed by atoms with Crippen molar-refractivity contribution in [2.24, 2.45) is 7.05 Å².